The second-order valence-electron chi connectivity index (χ2n) is 9.16. The van der Waals surface area contributed by atoms with E-state index in [4.69, 9.17) is 23.7 Å². The molecule has 1 radical (unpaired) electrons. The smallest absolute Gasteiger partial charge is 0.132 e. The van der Waals surface area contributed by atoms with Gasteiger partial charge in [0.05, 0.1) is 0 Å². The summed E-state index contributed by atoms with van der Waals surface area (Å²) in [7, 11) is 0. The summed E-state index contributed by atoms with van der Waals surface area (Å²) in [4.78, 5) is 0. The Labute approximate surface area is 156 Å². The lowest BCUT2D eigenvalue weighted by Crippen LogP contribution is -2.85. The molecular formula is C21H31O5. The van der Waals surface area contributed by atoms with Gasteiger partial charge in [-0.1, -0.05) is 0 Å². The second kappa shape index (κ2) is 5.44. The first-order valence-corrected chi connectivity index (χ1v) is 10.8. The molecule has 5 nitrogen and oxygen atoms in total. The fourth-order valence-electron chi connectivity index (χ4n) is 7.67. The van der Waals surface area contributed by atoms with Gasteiger partial charge in [-0.25, -0.2) is 0 Å². The molecule has 0 amide bonds. The predicted octanol–water partition coefficient (Wildman–Crippen LogP) is 2.95. The van der Waals surface area contributed by atoms with Gasteiger partial charge in [-0.15, -0.1) is 0 Å². The SMILES string of the molecule is [CH]1[C@]2(CCCO2)[C@]2(CCCO2)C2(CCCO2)[C@]2(CCCO2)[C@@]12CCCO2. The van der Waals surface area contributed by atoms with Crippen LogP contribution in [-0.2, 0) is 23.7 Å². The molecule has 0 aromatic rings. The summed E-state index contributed by atoms with van der Waals surface area (Å²) in [6.07, 6.45) is 12.9. The van der Waals surface area contributed by atoms with E-state index in [0.29, 0.717) is 0 Å². The van der Waals surface area contributed by atoms with Crippen molar-refractivity contribution in [2.75, 3.05) is 33.0 Å². The molecule has 1 saturated carbocycles. The Kier molecular flexibility index (Phi) is 3.50. The highest BCUT2D eigenvalue weighted by Crippen LogP contribution is 2.70. The van der Waals surface area contributed by atoms with Crippen LogP contribution in [-0.4, -0.2) is 61.0 Å². The van der Waals surface area contributed by atoms with Crippen molar-refractivity contribution >= 4 is 0 Å². The summed E-state index contributed by atoms with van der Waals surface area (Å²) in [5.74, 6) is 0. The van der Waals surface area contributed by atoms with Gasteiger partial charge in [-0.3, -0.25) is 0 Å². The summed E-state index contributed by atoms with van der Waals surface area (Å²) in [6, 6.07) is 0. The zero-order chi connectivity index (χ0) is 17.3. The standard InChI is InChI=1S/C21H31O5/c1-6-17(22-11-1)16-18(7-2-12-23-18)20(9-4-14-25-20)21(10-5-15-26-21)19(17)8-3-13-24-19/h16H,1-15H2/t17-,18-,19-,20+,21?/m1/s1. The highest BCUT2D eigenvalue weighted by atomic mass is 16.6. The maximum atomic E-state index is 6.80. The van der Waals surface area contributed by atoms with Crippen LogP contribution in [0.25, 0.3) is 0 Å². The van der Waals surface area contributed by atoms with Gasteiger partial charge in [0.2, 0.25) is 0 Å². The van der Waals surface area contributed by atoms with E-state index < -0.39 is 28.0 Å². The summed E-state index contributed by atoms with van der Waals surface area (Å²) < 4.78 is 33.5. The van der Waals surface area contributed by atoms with Gasteiger partial charge in [-0.05, 0) is 64.2 Å². The maximum Gasteiger partial charge on any atom is 0.132 e. The molecule has 26 heavy (non-hydrogen) atoms. The second-order valence-corrected chi connectivity index (χ2v) is 9.16. The van der Waals surface area contributed by atoms with Crippen LogP contribution in [0.2, 0.25) is 0 Å². The van der Waals surface area contributed by atoms with Crippen LogP contribution in [0.3, 0.4) is 0 Å². The van der Waals surface area contributed by atoms with E-state index in [9.17, 15) is 0 Å². The molecular weight excluding hydrogens is 332 g/mol. The third-order valence-electron chi connectivity index (χ3n) is 8.31. The normalized spacial score (nSPS) is 56.3. The summed E-state index contributed by atoms with van der Waals surface area (Å²) >= 11 is 0. The van der Waals surface area contributed by atoms with Crippen molar-refractivity contribution < 1.29 is 23.7 Å². The first kappa shape index (κ1) is 16.7. The zero-order valence-corrected chi connectivity index (χ0v) is 15.7. The minimum atomic E-state index is -0.448. The molecule has 145 valence electrons. The number of ether oxygens (including phenoxy) is 5. The Morgan fingerprint density at radius 1 is 0.423 bits per heavy atom. The lowest BCUT2D eigenvalue weighted by atomic mass is 9.47. The Bertz CT molecular complexity index is 513. The average Bonchev–Trinajstić information content (AvgIpc) is 3.44. The van der Waals surface area contributed by atoms with Crippen molar-refractivity contribution in [1.82, 2.24) is 0 Å². The van der Waals surface area contributed by atoms with Crippen LogP contribution in [0.5, 0.6) is 0 Å². The number of rotatable bonds is 0. The van der Waals surface area contributed by atoms with Crippen LogP contribution in [0.1, 0.15) is 64.2 Å². The minimum absolute atomic E-state index is 0.393. The van der Waals surface area contributed by atoms with Crippen LogP contribution >= 0.6 is 0 Å². The van der Waals surface area contributed by atoms with Crippen LogP contribution in [0.15, 0.2) is 0 Å². The molecule has 5 heterocycles. The van der Waals surface area contributed by atoms with Crippen molar-refractivity contribution in [3.05, 3.63) is 6.42 Å². The summed E-state index contributed by atoms with van der Waals surface area (Å²) in [5.41, 5.74) is -2.08. The molecule has 6 fully saturated rings. The third kappa shape index (κ3) is 1.64. The van der Waals surface area contributed by atoms with Crippen molar-refractivity contribution in [3.8, 4) is 0 Å². The highest BCUT2D eigenvalue weighted by Gasteiger charge is 2.85. The van der Waals surface area contributed by atoms with E-state index in [1.54, 1.807) is 0 Å². The first-order valence-electron chi connectivity index (χ1n) is 10.8. The fraction of sp³-hybridized carbons (Fsp3) is 0.952. The topological polar surface area (TPSA) is 46.2 Å². The maximum absolute atomic E-state index is 6.80. The average molecular weight is 363 g/mol. The van der Waals surface area contributed by atoms with Gasteiger partial charge in [-0.2, -0.15) is 0 Å². The lowest BCUT2D eigenvalue weighted by Gasteiger charge is -2.69. The van der Waals surface area contributed by atoms with Gasteiger partial charge in [0, 0.05) is 39.5 Å². The van der Waals surface area contributed by atoms with Crippen molar-refractivity contribution in [1.29, 1.82) is 0 Å². The van der Waals surface area contributed by atoms with Crippen LogP contribution in [0, 0.1) is 6.42 Å². The number of hydrogen-bond donors (Lipinski definition) is 0. The van der Waals surface area contributed by atoms with E-state index in [2.05, 4.69) is 6.42 Å². The van der Waals surface area contributed by atoms with Crippen LogP contribution in [0.4, 0.5) is 0 Å². The Balaban J connectivity index is 1.61. The number of hydrogen-bond acceptors (Lipinski definition) is 5. The first-order chi connectivity index (χ1) is 12.7. The van der Waals surface area contributed by atoms with Gasteiger partial charge < -0.3 is 23.7 Å². The van der Waals surface area contributed by atoms with Gasteiger partial charge in [0.25, 0.3) is 0 Å². The molecule has 5 atom stereocenters. The van der Waals surface area contributed by atoms with E-state index in [0.717, 1.165) is 97.2 Å². The quantitative estimate of drug-likeness (QED) is 0.662. The molecule has 5 saturated heterocycles. The molecule has 0 aromatic carbocycles. The molecule has 5 aliphatic heterocycles. The number of fused-ring (bicyclic) bond motifs is 4. The molecule has 0 bridgehead atoms. The largest absolute Gasteiger partial charge is 0.371 e. The van der Waals surface area contributed by atoms with E-state index in [1.165, 1.54) is 0 Å². The Hall–Kier alpha value is -0.200. The Morgan fingerprint density at radius 3 is 1.15 bits per heavy atom. The molecule has 1 unspecified atom stereocenters. The molecule has 6 rings (SSSR count). The lowest BCUT2D eigenvalue weighted by molar-refractivity contribution is -0.359. The van der Waals surface area contributed by atoms with E-state index in [1.807, 2.05) is 0 Å². The zero-order valence-electron chi connectivity index (χ0n) is 15.7. The molecule has 1 aliphatic carbocycles. The van der Waals surface area contributed by atoms with Crippen LogP contribution < -0.4 is 0 Å². The van der Waals surface area contributed by atoms with Gasteiger partial charge in [0.1, 0.15) is 28.0 Å². The summed E-state index contributed by atoms with van der Waals surface area (Å²) in [6.45, 7) is 4.01. The predicted molar refractivity (Wildman–Crippen MR) is 93.9 cm³/mol. The van der Waals surface area contributed by atoms with Gasteiger partial charge in [0.15, 0.2) is 0 Å². The summed E-state index contributed by atoms with van der Waals surface area (Å²) in [5, 5.41) is 0. The monoisotopic (exact) mass is 363 g/mol. The Morgan fingerprint density at radius 2 is 0.808 bits per heavy atom. The van der Waals surface area contributed by atoms with Crippen molar-refractivity contribution in [2.24, 2.45) is 0 Å². The van der Waals surface area contributed by atoms with E-state index >= 15 is 0 Å². The van der Waals surface area contributed by atoms with Crippen molar-refractivity contribution in [2.45, 2.75) is 92.2 Å². The fourth-order valence-corrected chi connectivity index (χ4v) is 7.67. The third-order valence-corrected chi connectivity index (χ3v) is 8.31. The highest BCUT2D eigenvalue weighted by molar-refractivity contribution is 5.41. The molecule has 5 heteroatoms. The van der Waals surface area contributed by atoms with E-state index in [-0.39, 0.29) is 0 Å². The van der Waals surface area contributed by atoms with Crippen molar-refractivity contribution in [3.63, 3.8) is 0 Å². The molecule has 5 spiro atoms. The van der Waals surface area contributed by atoms with Gasteiger partial charge >= 0.3 is 0 Å². The molecule has 6 aliphatic rings. The molecule has 0 N–H and O–H groups in total. The minimum Gasteiger partial charge on any atom is -0.371 e. The molecule has 0 aromatic heterocycles.